The maximum absolute atomic E-state index is 12.6. The molecule has 0 aromatic carbocycles. The molecule has 0 atom stereocenters. The summed E-state index contributed by atoms with van der Waals surface area (Å²) in [4.78, 5) is 3.93. The van der Waals surface area contributed by atoms with Crippen molar-refractivity contribution in [1.29, 1.82) is 0 Å². The molecule has 0 spiro atoms. The number of anilines is 1. The Morgan fingerprint density at radius 2 is 2.24 bits per heavy atom. The number of hydrogen-bond donors (Lipinski definition) is 2. The summed E-state index contributed by atoms with van der Waals surface area (Å²) in [5.41, 5.74) is 2.35. The third kappa shape index (κ3) is 3.27. The van der Waals surface area contributed by atoms with E-state index in [1.807, 2.05) is 13.1 Å². The molecule has 0 bridgehead atoms. The number of rotatable bonds is 5. The van der Waals surface area contributed by atoms with Gasteiger partial charge >= 0.3 is 0 Å². The number of aromatic amines is 1. The van der Waals surface area contributed by atoms with Gasteiger partial charge in [-0.2, -0.15) is 5.10 Å². The molecule has 2 heterocycles. The van der Waals surface area contributed by atoms with E-state index in [0.717, 1.165) is 25.1 Å². The molecule has 0 saturated carbocycles. The molecule has 17 heavy (non-hydrogen) atoms. The Labute approximate surface area is 99.3 Å². The number of nitrogens with one attached hydrogen (secondary N) is 2. The maximum Gasteiger partial charge on any atom is 0.141 e. The average Bonchev–Trinajstić information content (AvgIpc) is 2.73. The summed E-state index contributed by atoms with van der Waals surface area (Å²) in [5.74, 6) is 0.389. The third-order valence-corrected chi connectivity index (χ3v) is 2.59. The molecule has 2 N–H and O–H groups in total. The Balaban J connectivity index is 1.73. The fourth-order valence-electron chi connectivity index (χ4n) is 1.60. The van der Waals surface area contributed by atoms with Crippen LogP contribution in [0.4, 0.5) is 10.2 Å². The number of aromatic nitrogens is 3. The fourth-order valence-corrected chi connectivity index (χ4v) is 1.60. The van der Waals surface area contributed by atoms with Crippen molar-refractivity contribution in [3.63, 3.8) is 0 Å². The van der Waals surface area contributed by atoms with E-state index in [-0.39, 0.29) is 5.82 Å². The van der Waals surface area contributed by atoms with Crippen LogP contribution in [0.25, 0.3) is 0 Å². The summed E-state index contributed by atoms with van der Waals surface area (Å²) < 4.78 is 12.6. The van der Waals surface area contributed by atoms with E-state index in [1.54, 1.807) is 6.07 Å². The second kappa shape index (κ2) is 5.43. The van der Waals surface area contributed by atoms with Gasteiger partial charge in [-0.1, -0.05) is 0 Å². The first-order valence-corrected chi connectivity index (χ1v) is 5.60. The number of hydrogen-bond acceptors (Lipinski definition) is 3. The zero-order valence-corrected chi connectivity index (χ0v) is 9.70. The highest BCUT2D eigenvalue weighted by atomic mass is 19.1. The van der Waals surface area contributed by atoms with Gasteiger partial charge in [-0.3, -0.25) is 5.10 Å². The lowest BCUT2D eigenvalue weighted by Gasteiger charge is -2.04. The van der Waals surface area contributed by atoms with Gasteiger partial charge in [-0.15, -0.1) is 0 Å². The molecule has 0 aliphatic heterocycles. The lowest BCUT2D eigenvalue weighted by molar-refractivity contribution is 0.621. The lowest BCUT2D eigenvalue weighted by Crippen LogP contribution is -2.04. The first kappa shape index (κ1) is 11.6. The normalized spacial score (nSPS) is 10.5. The third-order valence-electron chi connectivity index (χ3n) is 2.59. The SMILES string of the molecule is Cc1[nH]ncc1CCCNc1ccc(F)cn1. The van der Waals surface area contributed by atoms with E-state index < -0.39 is 0 Å². The monoisotopic (exact) mass is 234 g/mol. The minimum Gasteiger partial charge on any atom is -0.370 e. The Hall–Kier alpha value is -1.91. The zero-order valence-electron chi connectivity index (χ0n) is 9.70. The van der Waals surface area contributed by atoms with Gasteiger partial charge in [-0.25, -0.2) is 9.37 Å². The van der Waals surface area contributed by atoms with E-state index in [2.05, 4.69) is 20.5 Å². The molecular weight excluding hydrogens is 219 g/mol. The van der Waals surface area contributed by atoms with Crippen LogP contribution in [0.2, 0.25) is 0 Å². The zero-order chi connectivity index (χ0) is 12.1. The molecule has 0 aliphatic carbocycles. The van der Waals surface area contributed by atoms with Crippen LogP contribution in [0.1, 0.15) is 17.7 Å². The van der Waals surface area contributed by atoms with Gasteiger partial charge in [0.1, 0.15) is 11.6 Å². The minimum absolute atomic E-state index is 0.315. The number of aryl methyl sites for hydroxylation is 2. The van der Waals surface area contributed by atoms with E-state index in [9.17, 15) is 4.39 Å². The van der Waals surface area contributed by atoms with E-state index >= 15 is 0 Å². The highest BCUT2D eigenvalue weighted by molar-refractivity contribution is 5.33. The Morgan fingerprint density at radius 3 is 2.88 bits per heavy atom. The van der Waals surface area contributed by atoms with Gasteiger partial charge in [0.2, 0.25) is 0 Å². The van der Waals surface area contributed by atoms with Crippen molar-refractivity contribution in [2.45, 2.75) is 19.8 Å². The van der Waals surface area contributed by atoms with Gasteiger partial charge in [0.25, 0.3) is 0 Å². The van der Waals surface area contributed by atoms with E-state index in [0.29, 0.717) is 5.82 Å². The van der Waals surface area contributed by atoms with Crippen LogP contribution in [0.3, 0.4) is 0 Å². The van der Waals surface area contributed by atoms with E-state index in [4.69, 9.17) is 0 Å². The molecule has 90 valence electrons. The standard InChI is InChI=1S/C12H15FN4/c1-9-10(7-16-17-9)3-2-6-14-12-5-4-11(13)8-15-12/h4-5,7-8H,2-3,6H2,1H3,(H,14,15)(H,16,17). The van der Waals surface area contributed by atoms with Gasteiger partial charge < -0.3 is 5.32 Å². The summed E-state index contributed by atoms with van der Waals surface area (Å²) in [6.45, 7) is 2.82. The average molecular weight is 234 g/mol. The van der Waals surface area contributed by atoms with Gasteiger partial charge in [0.05, 0.1) is 12.4 Å². The van der Waals surface area contributed by atoms with Crippen molar-refractivity contribution in [3.8, 4) is 0 Å². The Kier molecular flexibility index (Phi) is 3.69. The van der Waals surface area contributed by atoms with Crippen LogP contribution >= 0.6 is 0 Å². The van der Waals surface area contributed by atoms with Gasteiger partial charge in [0, 0.05) is 12.2 Å². The summed E-state index contributed by atoms with van der Waals surface area (Å²) in [6.07, 6.45) is 5.02. The van der Waals surface area contributed by atoms with Crippen molar-refractivity contribution >= 4 is 5.82 Å². The van der Waals surface area contributed by atoms with Gasteiger partial charge in [-0.05, 0) is 37.5 Å². The van der Waals surface area contributed by atoms with Crippen LogP contribution in [0, 0.1) is 12.7 Å². The highest BCUT2D eigenvalue weighted by Crippen LogP contribution is 2.07. The summed E-state index contributed by atoms with van der Waals surface area (Å²) in [7, 11) is 0. The summed E-state index contributed by atoms with van der Waals surface area (Å²) >= 11 is 0. The Morgan fingerprint density at radius 1 is 1.35 bits per heavy atom. The molecule has 5 heteroatoms. The van der Waals surface area contributed by atoms with Crippen LogP contribution in [0.5, 0.6) is 0 Å². The predicted octanol–water partition coefficient (Wildman–Crippen LogP) is 2.30. The van der Waals surface area contributed by atoms with Crippen molar-refractivity contribution in [1.82, 2.24) is 15.2 Å². The number of halogens is 1. The molecule has 4 nitrogen and oxygen atoms in total. The molecule has 0 radical (unpaired) electrons. The first-order chi connectivity index (χ1) is 8.25. The summed E-state index contributed by atoms with van der Waals surface area (Å²) in [5, 5.41) is 10.0. The van der Waals surface area contributed by atoms with Crippen molar-refractivity contribution in [3.05, 3.63) is 41.6 Å². The number of pyridine rings is 1. The van der Waals surface area contributed by atoms with Crippen molar-refractivity contribution < 1.29 is 4.39 Å². The van der Waals surface area contributed by atoms with Crippen molar-refractivity contribution in [2.75, 3.05) is 11.9 Å². The highest BCUT2D eigenvalue weighted by Gasteiger charge is 2.00. The molecule has 0 amide bonds. The smallest absolute Gasteiger partial charge is 0.141 e. The molecule has 0 unspecified atom stereocenters. The predicted molar refractivity (Wildman–Crippen MR) is 64.3 cm³/mol. The largest absolute Gasteiger partial charge is 0.370 e. The molecule has 0 fully saturated rings. The first-order valence-electron chi connectivity index (χ1n) is 5.60. The van der Waals surface area contributed by atoms with Crippen LogP contribution in [-0.4, -0.2) is 21.7 Å². The fraction of sp³-hybridized carbons (Fsp3) is 0.333. The second-order valence-electron chi connectivity index (χ2n) is 3.91. The topological polar surface area (TPSA) is 53.6 Å². The molecule has 2 rings (SSSR count). The lowest BCUT2D eigenvalue weighted by atomic mass is 10.1. The molecular formula is C12H15FN4. The molecule has 0 saturated heterocycles. The maximum atomic E-state index is 12.6. The molecule has 2 aromatic heterocycles. The van der Waals surface area contributed by atoms with E-state index in [1.165, 1.54) is 17.8 Å². The quantitative estimate of drug-likeness (QED) is 0.780. The van der Waals surface area contributed by atoms with Crippen LogP contribution < -0.4 is 5.32 Å². The summed E-state index contributed by atoms with van der Waals surface area (Å²) in [6, 6.07) is 3.04. The number of H-pyrrole nitrogens is 1. The second-order valence-corrected chi connectivity index (χ2v) is 3.91. The minimum atomic E-state index is -0.315. The van der Waals surface area contributed by atoms with Crippen LogP contribution in [-0.2, 0) is 6.42 Å². The van der Waals surface area contributed by atoms with Crippen molar-refractivity contribution in [2.24, 2.45) is 0 Å². The molecule has 2 aromatic rings. The number of nitrogens with zero attached hydrogens (tertiary/aromatic N) is 2. The molecule has 0 aliphatic rings. The van der Waals surface area contributed by atoms with Gasteiger partial charge in [0.15, 0.2) is 0 Å². The van der Waals surface area contributed by atoms with Crippen LogP contribution in [0.15, 0.2) is 24.5 Å². The Bertz CT molecular complexity index is 464.